The van der Waals surface area contributed by atoms with Gasteiger partial charge in [0.15, 0.2) is 6.61 Å². The van der Waals surface area contributed by atoms with E-state index in [1.807, 2.05) is 0 Å². The van der Waals surface area contributed by atoms with Gasteiger partial charge < -0.3 is 10.1 Å². The number of amides is 1. The number of pyridine rings is 1. The first-order valence-electron chi connectivity index (χ1n) is 7.03. The molecule has 0 spiro atoms. The summed E-state index contributed by atoms with van der Waals surface area (Å²) in [5.41, 5.74) is -1.64. The van der Waals surface area contributed by atoms with Gasteiger partial charge in [-0.15, -0.1) is 0 Å². The molecule has 0 aliphatic rings. The van der Waals surface area contributed by atoms with E-state index in [0.717, 1.165) is 18.5 Å². The normalized spacial score (nSPS) is 14.9. The number of aliphatic imine (C=N–C) groups is 1. The van der Waals surface area contributed by atoms with Gasteiger partial charge in [-0.05, 0) is 6.92 Å². The third-order valence-corrected chi connectivity index (χ3v) is 4.23. The van der Waals surface area contributed by atoms with Crippen LogP contribution in [0.4, 0.5) is 13.2 Å². The van der Waals surface area contributed by atoms with Gasteiger partial charge in [0.25, 0.3) is 5.91 Å². The third kappa shape index (κ3) is 7.56. The van der Waals surface area contributed by atoms with Crippen molar-refractivity contribution in [1.29, 1.82) is 0 Å². The van der Waals surface area contributed by atoms with Crippen molar-refractivity contribution in [3.8, 4) is 5.75 Å². The summed E-state index contributed by atoms with van der Waals surface area (Å²) in [6.45, 7) is -0.165. The molecule has 0 bridgehead atoms. The van der Waals surface area contributed by atoms with Gasteiger partial charge in [-0.2, -0.15) is 13.2 Å². The summed E-state index contributed by atoms with van der Waals surface area (Å²) < 4.78 is 64.4. The summed E-state index contributed by atoms with van der Waals surface area (Å²) in [6.07, 6.45) is -1.39. The molecule has 1 amide bonds. The summed E-state index contributed by atoms with van der Waals surface area (Å²) in [7, 11) is -2.07. The highest BCUT2D eigenvalue weighted by molar-refractivity contribution is 7.90. The Morgan fingerprint density at radius 3 is 2.58 bits per heavy atom. The van der Waals surface area contributed by atoms with Crippen molar-refractivity contribution in [2.24, 2.45) is 4.99 Å². The Bertz CT molecular complexity index is 799. The number of aromatic nitrogens is 1. The van der Waals surface area contributed by atoms with E-state index < -0.39 is 39.8 Å². The average molecular weight is 416 g/mol. The molecule has 1 heterocycles. The maximum Gasteiger partial charge on any atom is 0.422 e. The second-order valence-corrected chi connectivity index (χ2v) is 8.28. The molecule has 1 atom stereocenters. The van der Waals surface area contributed by atoms with Crippen molar-refractivity contribution in [3.05, 3.63) is 23.0 Å². The second-order valence-electron chi connectivity index (χ2n) is 5.73. The fourth-order valence-corrected chi connectivity index (χ4v) is 3.47. The Balaban J connectivity index is 3.05. The van der Waals surface area contributed by atoms with Crippen molar-refractivity contribution < 1.29 is 31.1 Å². The van der Waals surface area contributed by atoms with Crippen molar-refractivity contribution in [1.82, 2.24) is 10.3 Å². The molecule has 0 radical (unpaired) electrons. The van der Waals surface area contributed by atoms with Crippen LogP contribution in [0, 0.1) is 0 Å². The van der Waals surface area contributed by atoms with E-state index in [1.165, 1.54) is 20.2 Å². The maximum absolute atomic E-state index is 12.3. The number of ether oxygens (including phenoxy) is 1. The molecule has 146 valence electrons. The van der Waals surface area contributed by atoms with Crippen molar-refractivity contribution in [2.45, 2.75) is 18.6 Å². The van der Waals surface area contributed by atoms with Gasteiger partial charge in [0, 0.05) is 25.6 Å². The van der Waals surface area contributed by atoms with Crippen LogP contribution >= 0.6 is 11.6 Å². The van der Waals surface area contributed by atoms with E-state index in [2.05, 4.69) is 20.0 Å². The van der Waals surface area contributed by atoms with Gasteiger partial charge in [0.1, 0.15) is 26.3 Å². The van der Waals surface area contributed by atoms with Crippen molar-refractivity contribution in [3.63, 3.8) is 0 Å². The molecular weight excluding hydrogens is 399 g/mol. The lowest BCUT2D eigenvalue weighted by Gasteiger charge is -2.25. The molecule has 0 saturated heterocycles. The summed E-state index contributed by atoms with van der Waals surface area (Å²) in [4.78, 5) is 19.8. The summed E-state index contributed by atoms with van der Waals surface area (Å²) >= 11 is 5.71. The largest absolute Gasteiger partial charge is 0.482 e. The summed E-state index contributed by atoms with van der Waals surface area (Å²) in [5, 5.41) is 2.23. The van der Waals surface area contributed by atoms with Crippen LogP contribution in [0.3, 0.4) is 0 Å². The lowest BCUT2D eigenvalue weighted by molar-refractivity contribution is -0.153. The van der Waals surface area contributed by atoms with Crippen LogP contribution in [0.15, 0.2) is 17.3 Å². The SMILES string of the molecule is CN=CC(C)(CS(C)(=O)=O)NC(=O)c1cc(OCC(F)(F)F)c(Cl)cn1. The average Bonchev–Trinajstić information content (AvgIpc) is 2.43. The number of hydrogen-bond donors (Lipinski definition) is 1. The highest BCUT2D eigenvalue weighted by atomic mass is 35.5. The lowest BCUT2D eigenvalue weighted by atomic mass is 10.1. The smallest absolute Gasteiger partial charge is 0.422 e. The van der Waals surface area contributed by atoms with Crippen LogP contribution in [-0.4, -0.2) is 62.9 Å². The minimum atomic E-state index is -4.58. The minimum absolute atomic E-state index is 0.209. The summed E-state index contributed by atoms with van der Waals surface area (Å²) in [6, 6.07) is 0.938. The van der Waals surface area contributed by atoms with Crippen LogP contribution in [0.25, 0.3) is 0 Å². The number of nitrogens with zero attached hydrogens (tertiary/aromatic N) is 2. The molecule has 12 heteroatoms. The fourth-order valence-electron chi connectivity index (χ4n) is 2.07. The number of rotatable bonds is 7. The number of alkyl halides is 3. The summed E-state index contributed by atoms with van der Waals surface area (Å²) in [5.74, 6) is -1.64. The molecule has 1 rings (SSSR count). The van der Waals surface area contributed by atoms with E-state index in [4.69, 9.17) is 11.6 Å². The van der Waals surface area contributed by atoms with Crippen LogP contribution in [0.2, 0.25) is 5.02 Å². The zero-order valence-corrected chi connectivity index (χ0v) is 15.7. The quantitative estimate of drug-likeness (QED) is 0.686. The predicted molar refractivity (Wildman–Crippen MR) is 90.8 cm³/mol. The van der Waals surface area contributed by atoms with Gasteiger partial charge in [-0.1, -0.05) is 11.6 Å². The van der Waals surface area contributed by atoms with Gasteiger partial charge in [-0.25, -0.2) is 13.4 Å². The lowest BCUT2D eigenvalue weighted by Crippen LogP contribution is -2.52. The van der Waals surface area contributed by atoms with Crippen LogP contribution in [-0.2, 0) is 9.84 Å². The Kier molecular flexibility index (Phi) is 7.00. The topological polar surface area (TPSA) is 97.7 Å². The Morgan fingerprint density at radius 1 is 1.46 bits per heavy atom. The number of halogens is 4. The van der Waals surface area contributed by atoms with Crippen LogP contribution < -0.4 is 10.1 Å². The molecule has 1 N–H and O–H groups in total. The molecule has 0 aromatic carbocycles. The predicted octanol–water partition coefficient (Wildman–Crippen LogP) is 1.91. The number of carbonyl (C=O) groups is 1. The minimum Gasteiger partial charge on any atom is -0.482 e. The van der Waals surface area contributed by atoms with E-state index >= 15 is 0 Å². The molecule has 0 aliphatic carbocycles. The number of hydrogen-bond acceptors (Lipinski definition) is 6. The molecule has 1 unspecified atom stereocenters. The molecule has 0 aliphatic heterocycles. The van der Waals surface area contributed by atoms with Crippen molar-refractivity contribution >= 4 is 33.6 Å². The second kappa shape index (κ2) is 8.21. The first-order valence-corrected chi connectivity index (χ1v) is 9.47. The van der Waals surface area contributed by atoms with Crippen LogP contribution in [0.5, 0.6) is 5.75 Å². The molecule has 1 aromatic heterocycles. The fraction of sp³-hybridized carbons (Fsp3) is 0.500. The van der Waals surface area contributed by atoms with E-state index in [9.17, 15) is 26.4 Å². The molecule has 0 fully saturated rings. The van der Waals surface area contributed by atoms with E-state index in [-0.39, 0.29) is 16.5 Å². The Labute approximate surface area is 153 Å². The molecule has 0 saturated carbocycles. The highest BCUT2D eigenvalue weighted by Gasteiger charge is 2.31. The highest BCUT2D eigenvalue weighted by Crippen LogP contribution is 2.26. The number of carbonyl (C=O) groups excluding carboxylic acids is 1. The van der Waals surface area contributed by atoms with Gasteiger partial charge in [-0.3, -0.25) is 9.79 Å². The number of nitrogens with one attached hydrogen (secondary N) is 1. The molecule has 1 aromatic rings. The first kappa shape index (κ1) is 22.2. The van der Waals surface area contributed by atoms with Gasteiger partial charge >= 0.3 is 6.18 Å². The van der Waals surface area contributed by atoms with Gasteiger partial charge in [0.2, 0.25) is 0 Å². The standard InChI is InChI=1S/C14H17ClF3N3O4S/c1-13(6-19-2,8-26(3,23)24)21-12(22)10-4-11(9(15)5-20-10)25-7-14(16,17)18/h4-6H,7-8H2,1-3H3,(H,21,22). The van der Waals surface area contributed by atoms with E-state index in [0.29, 0.717) is 0 Å². The zero-order chi connectivity index (χ0) is 20.2. The third-order valence-electron chi connectivity index (χ3n) is 2.82. The van der Waals surface area contributed by atoms with Gasteiger partial charge in [0.05, 0.1) is 17.5 Å². The molecule has 26 heavy (non-hydrogen) atoms. The van der Waals surface area contributed by atoms with E-state index in [1.54, 1.807) is 0 Å². The Morgan fingerprint density at radius 2 is 2.08 bits per heavy atom. The molecule has 7 nitrogen and oxygen atoms in total. The maximum atomic E-state index is 12.3. The van der Waals surface area contributed by atoms with Crippen LogP contribution in [0.1, 0.15) is 17.4 Å². The monoisotopic (exact) mass is 415 g/mol. The Hall–Kier alpha value is -1.88. The molecular formula is C14H17ClF3N3O4S. The first-order chi connectivity index (χ1) is 11.7. The van der Waals surface area contributed by atoms with Crippen molar-refractivity contribution in [2.75, 3.05) is 25.7 Å². The zero-order valence-electron chi connectivity index (χ0n) is 14.1. The number of sulfone groups is 1.